The van der Waals surface area contributed by atoms with E-state index in [0.717, 1.165) is 6.07 Å². The molecule has 106 valence electrons. The maximum atomic E-state index is 13.5. The molecule has 0 aromatic heterocycles. The molecule has 2 rings (SSSR count). The van der Waals surface area contributed by atoms with Crippen LogP contribution in [0.1, 0.15) is 5.56 Å². The first-order valence-corrected chi connectivity index (χ1v) is 5.89. The topological polar surface area (TPSA) is 72.7 Å². The van der Waals surface area contributed by atoms with Crippen molar-refractivity contribution in [1.82, 2.24) is 0 Å². The van der Waals surface area contributed by atoms with Gasteiger partial charge in [-0.05, 0) is 18.2 Å². The fourth-order valence-electron chi connectivity index (χ4n) is 1.65. The van der Waals surface area contributed by atoms with Crippen molar-refractivity contribution in [3.05, 3.63) is 46.5 Å². The number of aromatic hydroxyl groups is 3. The normalized spacial score (nSPS) is 10.6. The number of nitrogens with one attached hydrogen (secondary N) is 1. The second kappa shape index (κ2) is 5.42. The van der Waals surface area contributed by atoms with Crippen molar-refractivity contribution < 1.29 is 24.1 Å². The van der Waals surface area contributed by atoms with Crippen LogP contribution in [0.4, 0.5) is 14.5 Å². The molecule has 0 amide bonds. The molecule has 20 heavy (non-hydrogen) atoms. The van der Waals surface area contributed by atoms with Gasteiger partial charge in [-0.25, -0.2) is 8.78 Å². The van der Waals surface area contributed by atoms with Crippen LogP contribution < -0.4 is 5.32 Å². The van der Waals surface area contributed by atoms with E-state index in [4.69, 9.17) is 11.6 Å². The minimum atomic E-state index is -0.877. The van der Waals surface area contributed by atoms with Gasteiger partial charge in [0.25, 0.3) is 0 Å². The summed E-state index contributed by atoms with van der Waals surface area (Å²) < 4.78 is 26.4. The molecule has 0 unspecified atom stereocenters. The van der Waals surface area contributed by atoms with Crippen molar-refractivity contribution in [2.24, 2.45) is 0 Å². The fraction of sp³-hybridized carbons (Fsp3) is 0.0769. The highest BCUT2D eigenvalue weighted by atomic mass is 35.5. The Morgan fingerprint density at radius 1 is 1.05 bits per heavy atom. The highest BCUT2D eigenvalue weighted by Gasteiger charge is 2.13. The minimum Gasteiger partial charge on any atom is -0.504 e. The second-order valence-electron chi connectivity index (χ2n) is 4.04. The van der Waals surface area contributed by atoms with Crippen LogP contribution in [0.25, 0.3) is 0 Å². The Morgan fingerprint density at radius 3 is 2.40 bits per heavy atom. The molecule has 0 heterocycles. The summed E-state index contributed by atoms with van der Waals surface area (Å²) in [7, 11) is 0. The minimum absolute atomic E-state index is 0.0814. The van der Waals surface area contributed by atoms with E-state index in [1.807, 2.05) is 0 Å². The Morgan fingerprint density at radius 2 is 1.75 bits per heavy atom. The average Bonchev–Trinajstić information content (AvgIpc) is 2.37. The molecule has 4 N–H and O–H groups in total. The van der Waals surface area contributed by atoms with E-state index >= 15 is 0 Å². The van der Waals surface area contributed by atoms with Gasteiger partial charge in [0, 0.05) is 18.2 Å². The van der Waals surface area contributed by atoms with Gasteiger partial charge in [0.15, 0.2) is 17.3 Å². The van der Waals surface area contributed by atoms with Gasteiger partial charge in [-0.15, -0.1) is 0 Å². The van der Waals surface area contributed by atoms with Gasteiger partial charge >= 0.3 is 0 Å². The second-order valence-corrected chi connectivity index (χ2v) is 4.45. The lowest BCUT2D eigenvalue weighted by atomic mass is 10.1. The summed E-state index contributed by atoms with van der Waals surface area (Å²) in [6.45, 7) is -0.0814. The first kappa shape index (κ1) is 14.2. The van der Waals surface area contributed by atoms with Gasteiger partial charge in [-0.2, -0.15) is 0 Å². The maximum absolute atomic E-state index is 13.5. The van der Waals surface area contributed by atoms with E-state index in [9.17, 15) is 24.1 Å². The number of phenols is 3. The van der Waals surface area contributed by atoms with E-state index < -0.39 is 28.9 Å². The highest BCUT2D eigenvalue weighted by Crippen LogP contribution is 2.37. The standard InChI is InChI=1S/C13H10ClF2NO3/c14-8-3-7(15)4-9(16)11(8)17-5-6-1-2-10(18)13(20)12(6)19/h1-4,17-20H,5H2. The maximum Gasteiger partial charge on any atom is 0.200 e. The molecule has 0 aliphatic rings. The van der Waals surface area contributed by atoms with Gasteiger partial charge in [0.05, 0.1) is 10.7 Å². The van der Waals surface area contributed by atoms with Crippen molar-refractivity contribution in [3.8, 4) is 17.2 Å². The molecule has 0 saturated carbocycles. The van der Waals surface area contributed by atoms with Gasteiger partial charge in [-0.3, -0.25) is 0 Å². The lowest BCUT2D eigenvalue weighted by Gasteiger charge is -2.12. The molecule has 0 atom stereocenters. The summed E-state index contributed by atoms with van der Waals surface area (Å²) in [6.07, 6.45) is 0. The first-order valence-electron chi connectivity index (χ1n) is 5.51. The molecule has 0 aliphatic heterocycles. The molecular weight excluding hydrogens is 292 g/mol. The molecule has 0 aliphatic carbocycles. The quantitative estimate of drug-likeness (QED) is 0.656. The lowest BCUT2D eigenvalue weighted by molar-refractivity contribution is 0.365. The molecule has 0 fully saturated rings. The van der Waals surface area contributed by atoms with Crippen LogP contribution in [-0.4, -0.2) is 15.3 Å². The molecule has 4 nitrogen and oxygen atoms in total. The predicted molar refractivity (Wildman–Crippen MR) is 70.1 cm³/mol. The van der Waals surface area contributed by atoms with Crippen LogP contribution in [0.2, 0.25) is 5.02 Å². The third kappa shape index (κ3) is 2.70. The zero-order valence-electron chi connectivity index (χ0n) is 9.99. The summed E-state index contributed by atoms with van der Waals surface area (Å²) in [5.74, 6) is -3.36. The van der Waals surface area contributed by atoms with Gasteiger partial charge in [0.1, 0.15) is 5.82 Å². The van der Waals surface area contributed by atoms with Crippen LogP contribution in [0.5, 0.6) is 17.2 Å². The number of hydrogen-bond donors (Lipinski definition) is 4. The fourth-order valence-corrected chi connectivity index (χ4v) is 1.91. The molecule has 0 saturated heterocycles. The van der Waals surface area contributed by atoms with E-state index in [-0.39, 0.29) is 22.8 Å². The van der Waals surface area contributed by atoms with Crippen molar-refractivity contribution in [1.29, 1.82) is 0 Å². The monoisotopic (exact) mass is 301 g/mol. The van der Waals surface area contributed by atoms with Crippen LogP contribution in [0.15, 0.2) is 24.3 Å². The van der Waals surface area contributed by atoms with E-state index in [0.29, 0.717) is 6.07 Å². The van der Waals surface area contributed by atoms with Crippen LogP contribution in [-0.2, 0) is 6.54 Å². The summed E-state index contributed by atoms with van der Waals surface area (Å²) >= 11 is 5.70. The third-order valence-electron chi connectivity index (χ3n) is 2.68. The van der Waals surface area contributed by atoms with Crippen molar-refractivity contribution >= 4 is 17.3 Å². The molecule has 2 aromatic carbocycles. The molecule has 0 bridgehead atoms. The zero-order valence-corrected chi connectivity index (χ0v) is 10.7. The van der Waals surface area contributed by atoms with E-state index in [2.05, 4.69) is 5.32 Å². The summed E-state index contributed by atoms with van der Waals surface area (Å²) in [6, 6.07) is 4.13. The lowest BCUT2D eigenvalue weighted by Crippen LogP contribution is -2.03. The van der Waals surface area contributed by atoms with Crippen molar-refractivity contribution in [2.45, 2.75) is 6.54 Å². The average molecular weight is 302 g/mol. The zero-order chi connectivity index (χ0) is 14.9. The van der Waals surface area contributed by atoms with Crippen LogP contribution >= 0.6 is 11.6 Å². The summed E-state index contributed by atoms with van der Waals surface area (Å²) in [5.41, 5.74) is 0.0834. The third-order valence-corrected chi connectivity index (χ3v) is 2.97. The largest absolute Gasteiger partial charge is 0.504 e. The number of hydrogen-bond acceptors (Lipinski definition) is 4. The Balaban J connectivity index is 2.24. The molecule has 2 aromatic rings. The Kier molecular flexibility index (Phi) is 3.85. The SMILES string of the molecule is Oc1ccc(CNc2c(F)cc(F)cc2Cl)c(O)c1O. The number of anilines is 1. The van der Waals surface area contributed by atoms with E-state index in [1.54, 1.807) is 0 Å². The van der Waals surface area contributed by atoms with Crippen LogP contribution in [0.3, 0.4) is 0 Å². The molecule has 0 spiro atoms. The Hall–Kier alpha value is -2.21. The van der Waals surface area contributed by atoms with Crippen LogP contribution in [0, 0.1) is 11.6 Å². The highest BCUT2D eigenvalue weighted by molar-refractivity contribution is 6.33. The Bertz CT molecular complexity index is 641. The summed E-state index contributed by atoms with van der Waals surface area (Å²) in [4.78, 5) is 0. The number of phenolic OH excluding ortho intramolecular Hbond substituents is 3. The smallest absolute Gasteiger partial charge is 0.200 e. The van der Waals surface area contributed by atoms with E-state index in [1.165, 1.54) is 12.1 Å². The van der Waals surface area contributed by atoms with Crippen molar-refractivity contribution in [2.75, 3.05) is 5.32 Å². The molecule has 7 heteroatoms. The predicted octanol–water partition coefficient (Wildman–Crippen LogP) is 3.35. The van der Waals surface area contributed by atoms with Gasteiger partial charge in [-0.1, -0.05) is 11.6 Å². The van der Waals surface area contributed by atoms with Gasteiger partial charge in [0.2, 0.25) is 5.75 Å². The Labute approximate surface area is 117 Å². The molecular formula is C13H10ClF2NO3. The van der Waals surface area contributed by atoms with Gasteiger partial charge < -0.3 is 20.6 Å². The number of halogens is 3. The van der Waals surface area contributed by atoms with Crippen molar-refractivity contribution in [3.63, 3.8) is 0 Å². The summed E-state index contributed by atoms with van der Waals surface area (Å²) in [5, 5.41) is 30.6. The molecule has 0 radical (unpaired) electrons. The first-order chi connectivity index (χ1) is 9.40. The number of benzene rings is 2. The number of rotatable bonds is 3.